The van der Waals surface area contributed by atoms with E-state index in [1.807, 2.05) is 43.3 Å². The van der Waals surface area contributed by atoms with Crippen LogP contribution in [-0.4, -0.2) is 23.7 Å². The van der Waals surface area contributed by atoms with E-state index in [1.165, 1.54) is 0 Å². The number of benzene rings is 2. The Kier molecular flexibility index (Phi) is 3.84. The largest absolute Gasteiger partial charge is 0.493 e. The van der Waals surface area contributed by atoms with Gasteiger partial charge in [-0.15, -0.1) is 0 Å². The number of aromatic amines is 1. The van der Waals surface area contributed by atoms with E-state index < -0.39 is 0 Å². The van der Waals surface area contributed by atoms with Gasteiger partial charge < -0.3 is 14.5 Å². The van der Waals surface area contributed by atoms with Gasteiger partial charge in [-0.3, -0.25) is 0 Å². The van der Waals surface area contributed by atoms with Crippen LogP contribution in [0.5, 0.6) is 11.5 Å². The summed E-state index contributed by atoms with van der Waals surface area (Å²) in [5.74, 6) is 2.20. The molecule has 5 heteroatoms. The fraction of sp³-hybridized carbons (Fsp3) is 0.188. The van der Waals surface area contributed by atoms with Gasteiger partial charge in [-0.25, -0.2) is 4.98 Å². The van der Waals surface area contributed by atoms with Gasteiger partial charge in [0, 0.05) is 10.0 Å². The van der Waals surface area contributed by atoms with Crippen LogP contribution in [0.1, 0.15) is 6.92 Å². The van der Waals surface area contributed by atoms with Crippen LogP contribution in [-0.2, 0) is 0 Å². The van der Waals surface area contributed by atoms with E-state index in [4.69, 9.17) is 9.47 Å². The lowest BCUT2D eigenvalue weighted by molar-refractivity contribution is 0.311. The predicted molar refractivity (Wildman–Crippen MR) is 87.0 cm³/mol. The number of hydrogen-bond acceptors (Lipinski definition) is 3. The molecule has 3 aromatic rings. The van der Waals surface area contributed by atoms with Crippen molar-refractivity contribution in [2.75, 3.05) is 13.7 Å². The molecule has 1 N–H and O–H groups in total. The number of fused-ring (bicyclic) bond motifs is 1. The highest BCUT2D eigenvalue weighted by Crippen LogP contribution is 2.38. The number of imidazole rings is 1. The fourth-order valence-corrected chi connectivity index (χ4v) is 2.73. The molecule has 0 saturated heterocycles. The molecule has 0 saturated carbocycles. The molecule has 108 valence electrons. The van der Waals surface area contributed by atoms with E-state index in [0.717, 1.165) is 26.9 Å². The highest BCUT2D eigenvalue weighted by Gasteiger charge is 2.14. The summed E-state index contributed by atoms with van der Waals surface area (Å²) in [5.41, 5.74) is 2.89. The SMILES string of the molecule is CCOc1cc(-c2nc3ccccc3[nH]2)c(Br)cc1OC. The van der Waals surface area contributed by atoms with Crippen LogP contribution in [0.15, 0.2) is 40.9 Å². The summed E-state index contributed by atoms with van der Waals surface area (Å²) in [5, 5.41) is 0. The molecule has 0 fully saturated rings. The van der Waals surface area contributed by atoms with E-state index in [0.29, 0.717) is 18.1 Å². The van der Waals surface area contributed by atoms with Gasteiger partial charge in [0.1, 0.15) is 5.82 Å². The molecular weight excluding hydrogens is 332 g/mol. The van der Waals surface area contributed by atoms with Crippen LogP contribution in [0.2, 0.25) is 0 Å². The maximum absolute atomic E-state index is 5.63. The van der Waals surface area contributed by atoms with Crippen LogP contribution in [0.25, 0.3) is 22.4 Å². The molecule has 0 spiro atoms. The van der Waals surface area contributed by atoms with Crippen molar-refractivity contribution in [1.29, 1.82) is 0 Å². The van der Waals surface area contributed by atoms with Gasteiger partial charge in [-0.1, -0.05) is 12.1 Å². The number of methoxy groups -OCH3 is 1. The van der Waals surface area contributed by atoms with Crippen molar-refractivity contribution in [3.63, 3.8) is 0 Å². The second-order valence-corrected chi connectivity index (χ2v) is 5.37. The molecule has 0 aliphatic carbocycles. The van der Waals surface area contributed by atoms with E-state index in [9.17, 15) is 0 Å². The summed E-state index contributed by atoms with van der Waals surface area (Å²) >= 11 is 3.57. The standard InChI is InChI=1S/C16H15BrN2O2/c1-3-21-15-8-10(11(17)9-14(15)20-2)16-18-12-6-4-5-7-13(12)19-16/h4-9H,3H2,1-2H3,(H,18,19). The van der Waals surface area contributed by atoms with Gasteiger partial charge >= 0.3 is 0 Å². The molecule has 3 rings (SSSR count). The lowest BCUT2D eigenvalue weighted by Crippen LogP contribution is -1.96. The lowest BCUT2D eigenvalue weighted by atomic mass is 10.2. The second kappa shape index (κ2) is 5.77. The third-order valence-electron chi connectivity index (χ3n) is 3.20. The highest BCUT2D eigenvalue weighted by atomic mass is 79.9. The third kappa shape index (κ3) is 2.61. The summed E-state index contributed by atoms with van der Waals surface area (Å²) in [6.07, 6.45) is 0. The number of halogens is 1. The quantitative estimate of drug-likeness (QED) is 0.761. The summed E-state index contributed by atoms with van der Waals surface area (Å²) in [4.78, 5) is 7.94. The van der Waals surface area contributed by atoms with Crippen molar-refractivity contribution in [3.05, 3.63) is 40.9 Å². The zero-order chi connectivity index (χ0) is 14.8. The third-order valence-corrected chi connectivity index (χ3v) is 3.85. The summed E-state index contributed by atoms with van der Waals surface area (Å²) in [7, 11) is 1.63. The van der Waals surface area contributed by atoms with Gasteiger partial charge in [0.25, 0.3) is 0 Å². The second-order valence-electron chi connectivity index (χ2n) is 4.52. The topological polar surface area (TPSA) is 47.1 Å². The Morgan fingerprint density at radius 1 is 1.19 bits per heavy atom. The number of ether oxygens (including phenoxy) is 2. The maximum atomic E-state index is 5.63. The molecule has 0 aliphatic rings. The van der Waals surface area contributed by atoms with Crippen LogP contribution in [0.3, 0.4) is 0 Å². The summed E-state index contributed by atoms with van der Waals surface area (Å²) < 4.78 is 11.9. The molecule has 0 aliphatic heterocycles. The molecule has 1 heterocycles. The minimum Gasteiger partial charge on any atom is -0.493 e. The maximum Gasteiger partial charge on any atom is 0.161 e. The van der Waals surface area contributed by atoms with Crippen molar-refractivity contribution in [2.24, 2.45) is 0 Å². The average Bonchev–Trinajstić information content (AvgIpc) is 2.92. The Hall–Kier alpha value is -2.01. The van der Waals surface area contributed by atoms with Gasteiger partial charge in [-0.2, -0.15) is 0 Å². The fourth-order valence-electron chi connectivity index (χ4n) is 2.22. The molecule has 0 amide bonds. The van der Waals surface area contributed by atoms with E-state index in [-0.39, 0.29) is 0 Å². The van der Waals surface area contributed by atoms with E-state index in [1.54, 1.807) is 7.11 Å². The smallest absolute Gasteiger partial charge is 0.161 e. The number of para-hydroxylation sites is 2. The molecule has 1 aromatic heterocycles. The minimum atomic E-state index is 0.581. The van der Waals surface area contributed by atoms with Crippen LogP contribution in [0, 0.1) is 0 Å². The number of aromatic nitrogens is 2. The zero-order valence-electron chi connectivity index (χ0n) is 11.8. The number of nitrogens with one attached hydrogen (secondary N) is 1. The minimum absolute atomic E-state index is 0.581. The molecule has 21 heavy (non-hydrogen) atoms. The van der Waals surface area contributed by atoms with Crippen LogP contribution < -0.4 is 9.47 Å². The molecule has 0 unspecified atom stereocenters. The molecule has 0 radical (unpaired) electrons. The zero-order valence-corrected chi connectivity index (χ0v) is 13.4. The van der Waals surface area contributed by atoms with Crippen molar-refractivity contribution < 1.29 is 9.47 Å². The summed E-state index contributed by atoms with van der Waals surface area (Å²) in [6, 6.07) is 11.8. The molecule has 0 bridgehead atoms. The average molecular weight is 347 g/mol. The summed E-state index contributed by atoms with van der Waals surface area (Å²) in [6.45, 7) is 2.53. The monoisotopic (exact) mass is 346 g/mol. The molecular formula is C16H15BrN2O2. The van der Waals surface area contributed by atoms with Gasteiger partial charge in [0.2, 0.25) is 0 Å². The first-order valence-corrected chi connectivity index (χ1v) is 7.47. The first kappa shape index (κ1) is 13.9. The molecule has 4 nitrogen and oxygen atoms in total. The van der Waals surface area contributed by atoms with Gasteiger partial charge in [0.15, 0.2) is 11.5 Å². The molecule has 2 aromatic carbocycles. The Morgan fingerprint density at radius 2 is 2.00 bits per heavy atom. The highest BCUT2D eigenvalue weighted by molar-refractivity contribution is 9.10. The first-order valence-electron chi connectivity index (χ1n) is 6.68. The lowest BCUT2D eigenvalue weighted by Gasteiger charge is -2.12. The van der Waals surface area contributed by atoms with Gasteiger partial charge in [0.05, 0.1) is 24.8 Å². The van der Waals surface area contributed by atoms with Crippen molar-refractivity contribution in [1.82, 2.24) is 9.97 Å². The van der Waals surface area contributed by atoms with Crippen molar-refractivity contribution in [3.8, 4) is 22.9 Å². The number of H-pyrrole nitrogens is 1. The Bertz CT molecular complexity index is 750. The Balaban J connectivity index is 2.14. The van der Waals surface area contributed by atoms with Crippen molar-refractivity contribution in [2.45, 2.75) is 6.92 Å². The first-order chi connectivity index (χ1) is 10.2. The molecule has 0 atom stereocenters. The van der Waals surface area contributed by atoms with Crippen LogP contribution >= 0.6 is 15.9 Å². The number of nitrogens with zero attached hydrogens (tertiary/aromatic N) is 1. The van der Waals surface area contributed by atoms with Crippen LogP contribution in [0.4, 0.5) is 0 Å². The predicted octanol–water partition coefficient (Wildman–Crippen LogP) is 4.40. The Labute approximate surface area is 131 Å². The number of hydrogen-bond donors (Lipinski definition) is 1. The van der Waals surface area contributed by atoms with Crippen molar-refractivity contribution >= 4 is 27.0 Å². The Morgan fingerprint density at radius 3 is 2.71 bits per heavy atom. The number of rotatable bonds is 4. The van der Waals surface area contributed by atoms with Gasteiger partial charge in [-0.05, 0) is 47.1 Å². The van der Waals surface area contributed by atoms with E-state index >= 15 is 0 Å². The van der Waals surface area contributed by atoms with E-state index in [2.05, 4.69) is 25.9 Å². The normalized spacial score (nSPS) is 10.8.